The van der Waals surface area contributed by atoms with Crippen molar-refractivity contribution in [2.45, 2.75) is 0 Å². The Hall–Kier alpha value is -1.55. The van der Waals surface area contributed by atoms with Gasteiger partial charge < -0.3 is 5.32 Å². The van der Waals surface area contributed by atoms with Crippen molar-refractivity contribution in [2.24, 2.45) is 0 Å². The van der Waals surface area contributed by atoms with Gasteiger partial charge in [-0.05, 0) is 12.3 Å². The van der Waals surface area contributed by atoms with E-state index in [1.807, 2.05) is 0 Å². The lowest BCUT2D eigenvalue weighted by molar-refractivity contribution is 0.0946. The lowest BCUT2D eigenvalue weighted by Crippen LogP contribution is -2.33. The third-order valence-corrected chi connectivity index (χ3v) is 2.88. The quantitative estimate of drug-likeness (QED) is 0.515. The number of aromatic nitrogens is 4. The summed E-state index contributed by atoms with van der Waals surface area (Å²) < 4.78 is 24.0. The van der Waals surface area contributed by atoms with Crippen LogP contribution in [0.15, 0.2) is 0 Å². The number of tetrazole rings is 1. The second-order valence-electron chi connectivity index (χ2n) is 2.51. The van der Waals surface area contributed by atoms with Crippen LogP contribution in [0.5, 0.6) is 0 Å². The minimum atomic E-state index is -3.31. The average Bonchev–Trinajstić information content (AvgIpc) is 2.70. The fraction of sp³-hybridized carbons (Fsp3) is 0.600. The summed E-state index contributed by atoms with van der Waals surface area (Å²) in [4.78, 5) is 11.2. The highest BCUT2D eigenvalue weighted by molar-refractivity contribution is 7.89. The number of aromatic amines is 1. The predicted octanol–water partition coefficient (Wildman–Crippen LogP) is -2.52. The van der Waals surface area contributed by atoms with E-state index in [2.05, 4.69) is 30.7 Å². The number of hydrogen-bond donors (Lipinski definition) is 3. The zero-order chi connectivity index (χ0) is 11.3. The Morgan fingerprint density at radius 1 is 1.53 bits per heavy atom. The molecule has 1 heterocycles. The molecular weight excluding hydrogens is 224 g/mol. The van der Waals surface area contributed by atoms with Gasteiger partial charge in [-0.25, -0.2) is 13.1 Å². The lowest BCUT2D eigenvalue weighted by atomic mass is 10.5. The van der Waals surface area contributed by atoms with E-state index in [4.69, 9.17) is 0 Å². The molecule has 1 rings (SSSR count). The van der Waals surface area contributed by atoms with Crippen molar-refractivity contribution in [1.82, 2.24) is 30.7 Å². The van der Waals surface area contributed by atoms with Gasteiger partial charge in [0.05, 0.1) is 5.75 Å². The molecule has 0 aromatic carbocycles. The van der Waals surface area contributed by atoms with Crippen molar-refractivity contribution in [1.29, 1.82) is 0 Å². The van der Waals surface area contributed by atoms with E-state index in [9.17, 15) is 13.2 Å². The van der Waals surface area contributed by atoms with Gasteiger partial charge in [-0.2, -0.15) is 5.21 Å². The molecular formula is C5H10N6O3S. The SMILES string of the molecule is CNS(=O)(=O)CCNC(=O)c1nn[nH]n1. The first kappa shape index (κ1) is 11.5. The molecule has 0 radical (unpaired) electrons. The number of sulfonamides is 1. The van der Waals surface area contributed by atoms with Crippen molar-refractivity contribution in [3.8, 4) is 0 Å². The Bertz CT molecular complexity index is 412. The van der Waals surface area contributed by atoms with Gasteiger partial charge in [0, 0.05) is 6.54 Å². The van der Waals surface area contributed by atoms with Gasteiger partial charge in [-0.1, -0.05) is 0 Å². The van der Waals surface area contributed by atoms with Crippen LogP contribution in [0.2, 0.25) is 0 Å². The first-order chi connectivity index (χ1) is 7.05. The molecule has 9 nitrogen and oxygen atoms in total. The molecule has 0 spiro atoms. The Morgan fingerprint density at radius 2 is 2.27 bits per heavy atom. The maximum Gasteiger partial charge on any atom is 0.292 e. The molecule has 0 aliphatic heterocycles. The molecule has 1 aromatic rings. The summed E-state index contributed by atoms with van der Waals surface area (Å²) in [7, 11) is -2.01. The Balaban J connectivity index is 2.36. The van der Waals surface area contributed by atoms with Gasteiger partial charge >= 0.3 is 0 Å². The van der Waals surface area contributed by atoms with E-state index in [-0.39, 0.29) is 18.1 Å². The number of rotatable bonds is 5. The van der Waals surface area contributed by atoms with Crippen LogP contribution < -0.4 is 10.0 Å². The maximum absolute atomic E-state index is 11.2. The molecule has 0 unspecified atom stereocenters. The van der Waals surface area contributed by atoms with Crippen LogP contribution in [-0.2, 0) is 10.0 Å². The minimum Gasteiger partial charge on any atom is -0.348 e. The van der Waals surface area contributed by atoms with E-state index in [1.54, 1.807) is 0 Å². The van der Waals surface area contributed by atoms with Crippen LogP contribution >= 0.6 is 0 Å². The highest BCUT2D eigenvalue weighted by Crippen LogP contribution is 1.84. The molecule has 1 aromatic heterocycles. The molecule has 15 heavy (non-hydrogen) atoms. The van der Waals surface area contributed by atoms with E-state index < -0.39 is 15.9 Å². The topological polar surface area (TPSA) is 130 Å². The Labute approximate surface area is 85.7 Å². The molecule has 0 saturated carbocycles. The van der Waals surface area contributed by atoms with Crippen molar-refractivity contribution in [3.05, 3.63) is 5.82 Å². The standard InChI is InChI=1S/C5H10N6O3S/c1-6-15(13,14)3-2-7-5(12)4-8-10-11-9-4/h6H,2-3H2,1H3,(H,7,12)(H,8,9,10,11). The number of nitrogens with one attached hydrogen (secondary N) is 3. The normalized spacial score (nSPS) is 11.3. The summed E-state index contributed by atoms with van der Waals surface area (Å²) in [6.07, 6.45) is 0. The van der Waals surface area contributed by atoms with Crippen LogP contribution in [0.1, 0.15) is 10.6 Å². The van der Waals surface area contributed by atoms with Gasteiger partial charge in [0.2, 0.25) is 10.0 Å². The molecule has 1 amide bonds. The molecule has 10 heteroatoms. The van der Waals surface area contributed by atoms with Gasteiger partial charge in [0.25, 0.3) is 11.7 Å². The fourth-order valence-corrected chi connectivity index (χ4v) is 1.31. The number of nitrogens with zero attached hydrogens (tertiary/aromatic N) is 3. The zero-order valence-electron chi connectivity index (χ0n) is 7.89. The monoisotopic (exact) mass is 234 g/mol. The predicted molar refractivity (Wildman–Crippen MR) is 49.4 cm³/mol. The Morgan fingerprint density at radius 3 is 2.80 bits per heavy atom. The third-order valence-electron chi connectivity index (χ3n) is 1.52. The molecule has 0 aliphatic rings. The summed E-state index contributed by atoms with van der Waals surface area (Å²) in [5.41, 5.74) is 0. The summed E-state index contributed by atoms with van der Waals surface area (Å²) in [6, 6.07) is 0. The maximum atomic E-state index is 11.2. The van der Waals surface area contributed by atoms with Gasteiger partial charge in [0.1, 0.15) is 0 Å². The summed E-state index contributed by atoms with van der Waals surface area (Å²) >= 11 is 0. The first-order valence-corrected chi connectivity index (χ1v) is 5.63. The number of H-pyrrole nitrogens is 1. The molecule has 3 N–H and O–H groups in total. The second kappa shape index (κ2) is 4.79. The first-order valence-electron chi connectivity index (χ1n) is 3.98. The molecule has 0 aliphatic carbocycles. The van der Waals surface area contributed by atoms with Gasteiger partial charge in [0.15, 0.2) is 0 Å². The zero-order valence-corrected chi connectivity index (χ0v) is 8.71. The number of amides is 1. The van der Waals surface area contributed by atoms with E-state index in [1.165, 1.54) is 7.05 Å². The fourth-order valence-electron chi connectivity index (χ4n) is 0.738. The molecule has 0 saturated heterocycles. The van der Waals surface area contributed by atoms with Crippen molar-refractivity contribution >= 4 is 15.9 Å². The van der Waals surface area contributed by atoms with Crippen LogP contribution in [0.3, 0.4) is 0 Å². The van der Waals surface area contributed by atoms with Gasteiger partial charge in [-0.15, -0.1) is 10.2 Å². The van der Waals surface area contributed by atoms with E-state index in [0.29, 0.717) is 0 Å². The highest BCUT2D eigenvalue weighted by atomic mass is 32.2. The van der Waals surface area contributed by atoms with Crippen molar-refractivity contribution in [3.63, 3.8) is 0 Å². The molecule has 0 atom stereocenters. The average molecular weight is 234 g/mol. The second-order valence-corrected chi connectivity index (χ2v) is 4.56. The van der Waals surface area contributed by atoms with Crippen LogP contribution in [0, 0.1) is 0 Å². The number of carbonyl (C=O) groups is 1. The van der Waals surface area contributed by atoms with Crippen LogP contribution in [0.4, 0.5) is 0 Å². The lowest BCUT2D eigenvalue weighted by Gasteiger charge is -2.02. The van der Waals surface area contributed by atoms with Crippen LogP contribution in [-0.4, -0.2) is 54.3 Å². The molecule has 0 bridgehead atoms. The van der Waals surface area contributed by atoms with Crippen LogP contribution in [0.25, 0.3) is 0 Å². The smallest absolute Gasteiger partial charge is 0.292 e. The van der Waals surface area contributed by atoms with E-state index >= 15 is 0 Å². The highest BCUT2D eigenvalue weighted by Gasteiger charge is 2.12. The summed E-state index contributed by atoms with van der Waals surface area (Å²) in [6.45, 7) is -0.0173. The number of carbonyl (C=O) groups excluding carboxylic acids is 1. The van der Waals surface area contributed by atoms with Gasteiger partial charge in [-0.3, -0.25) is 4.79 Å². The summed E-state index contributed by atoms with van der Waals surface area (Å²) in [5, 5.41) is 14.5. The van der Waals surface area contributed by atoms with Crippen molar-refractivity contribution < 1.29 is 13.2 Å². The minimum absolute atomic E-state index is 0.0173. The number of hydrogen-bond acceptors (Lipinski definition) is 6. The summed E-state index contributed by atoms with van der Waals surface area (Å²) in [5.74, 6) is -0.903. The largest absolute Gasteiger partial charge is 0.348 e. The van der Waals surface area contributed by atoms with E-state index in [0.717, 1.165) is 0 Å². The van der Waals surface area contributed by atoms with Crippen molar-refractivity contribution in [2.75, 3.05) is 19.3 Å². The molecule has 84 valence electrons. The third kappa shape index (κ3) is 3.59. The molecule has 0 fully saturated rings. The Kier molecular flexibility index (Phi) is 3.68.